The Morgan fingerprint density at radius 2 is 1.56 bits per heavy atom. The van der Waals surface area contributed by atoms with E-state index in [2.05, 4.69) is 20.8 Å². The lowest BCUT2D eigenvalue weighted by molar-refractivity contribution is 0.102. The molecule has 1 atom stereocenters. The van der Waals surface area contributed by atoms with Gasteiger partial charge in [-0.05, 0) is 48.9 Å². The Morgan fingerprint density at radius 1 is 0.920 bits per heavy atom. The summed E-state index contributed by atoms with van der Waals surface area (Å²) in [6, 6.07) is 20.3. The summed E-state index contributed by atoms with van der Waals surface area (Å²) < 4.78 is 0. The van der Waals surface area contributed by atoms with E-state index in [1.807, 2.05) is 37.3 Å². The first-order valence-electron chi connectivity index (χ1n) is 7.84. The van der Waals surface area contributed by atoms with Gasteiger partial charge in [-0.3, -0.25) is 4.79 Å². The van der Waals surface area contributed by atoms with Crippen LogP contribution in [0.25, 0.3) is 0 Å². The third-order valence-corrected chi connectivity index (χ3v) is 3.93. The van der Waals surface area contributed by atoms with Crippen LogP contribution in [-0.2, 0) is 0 Å². The first-order valence-corrected chi connectivity index (χ1v) is 8.22. The van der Waals surface area contributed by atoms with Crippen LogP contribution in [0.15, 0.2) is 66.7 Å². The lowest BCUT2D eigenvalue weighted by Gasteiger charge is -2.14. The van der Waals surface area contributed by atoms with E-state index in [4.69, 9.17) is 11.6 Å². The van der Waals surface area contributed by atoms with Gasteiger partial charge >= 0.3 is 0 Å². The third-order valence-electron chi connectivity index (χ3n) is 3.68. The zero-order chi connectivity index (χ0) is 17.6. The molecule has 0 bridgehead atoms. The molecule has 1 unspecified atom stereocenters. The van der Waals surface area contributed by atoms with Crippen molar-refractivity contribution in [2.45, 2.75) is 13.0 Å². The fourth-order valence-electron chi connectivity index (χ4n) is 2.31. The van der Waals surface area contributed by atoms with Crippen LogP contribution >= 0.6 is 11.6 Å². The largest absolute Gasteiger partial charge is 0.362 e. The third kappa shape index (κ3) is 4.55. The summed E-state index contributed by atoms with van der Waals surface area (Å²) in [5.41, 5.74) is 1.66. The van der Waals surface area contributed by atoms with Crippen LogP contribution in [0, 0.1) is 0 Å². The van der Waals surface area contributed by atoms with E-state index >= 15 is 0 Å². The Kier molecular flexibility index (Phi) is 5.26. The maximum atomic E-state index is 12.1. The standard InChI is InChI=1S/C19H17ClN4O/c1-13(14-5-3-2-4-6-14)21-17-11-12-18(24-23-17)22-19(25)15-7-9-16(20)10-8-15/h2-13H,1H3,(H,21,23)(H,22,24,25). The van der Waals surface area contributed by atoms with E-state index in [1.54, 1.807) is 36.4 Å². The molecule has 0 aliphatic carbocycles. The van der Waals surface area contributed by atoms with E-state index < -0.39 is 0 Å². The van der Waals surface area contributed by atoms with Crippen molar-refractivity contribution in [3.05, 3.63) is 82.9 Å². The van der Waals surface area contributed by atoms with Crippen molar-refractivity contribution in [3.8, 4) is 0 Å². The van der Waals surface area contributed by atoms with Crippen LogP contribution in [0.1, 0.15) is 28.9 Å². The Hall–Kier alpha value is -2.92. The number of amides is 1. The van der Waals surface area contributed by atoms with Gasteiger partial charge in [-0.25, -0.2) is 0 Å². The van der Waals surface area contributed by atoms with Crippen LogP contribution in [0.4, 0.5) is 11.6 Å². The van der Waals surface area contributed by atoms with Crippen molar-refractivity contribution in [2.24, 2.45) is 0 Å². The van der Waals surface area contributed by atoms with Crippen molar-refractivity contribution in [1.82, 2.24) is 10.2 Å². The molecule has 5 nitrogen and oxygen atoms in total. The maximum Gasteiger partial charge on any atom is 0.256 e. The summed E-state index contributed by atoms with van der Waals surface area (Å²) >= 11 is 5.82. The minimum Gasteiger partial charge on any atom is -0.362 e. The van der Waals surface area contributed by atoms with Gasteiger partial charge in [-0.2, -0.15) is 0 Å². The molecule has 0 spiro atoms. The highest BCUT2D eigenvalue weighted by Crippen LogP contribution is 2.18. The molecule has 0 aliphatic heterocycles. The fourth-order valence-corrected chi connectivity index (χ4v) is 2.44. The number of carbonyl (C=O) groups excluding carboxylic acids is 1. The molecule has 3 aromatic rings. The molecule has 0 saturated heterocycles. The molecule has 0 radical (unpaired) electrons. The number of nitrogens with zero attached hydrogens (tertiary/aromatic N) is 2. The average Bonchev–Trinajstić information content (AvgIpc) is 2.64. The second-order valence-electron chi connectivity index (χ2n) is 5.54. The molecule has 2 N–H and O–H groups in total. The van der Waals surface area contributed by atoms with Crippen LogP contribution in [0.2, 0.25) is 5.02 Å². The monoisotopic (exact) mass is 352 g/mol. The second-order valence-corrected chi connectivity index (χ2v) is 5.98. The number of halogens is 1. The van der Waals surface area contributed by atoms with Gasteiger partial charge in [0.05, 0.1) is 0 Å². The molecular formula is C19H17ClN4O. The number of hydrogen-bond acceptors (Lipinski definition) is 4. The number of nitrogens with one attached hydrogen (secondary N) is 2. The highest BCUT2D eigenvalue weighted by atomic mass is 35.5. The van der Waals surface area contributed by atoms with Gasteiger partial charge in [0, 0.05) is 16.6 Å². The number of anilines is 2. The van der Waals surface area contributed by atoms with Crippen molar-refractivity contribution >= 4 is 29.1 Å². The van der Waals surface area contributed by atoms with E-state index in [0.29, 0.717) is 22.2 Å². The average molecular weight is 353 g/mol. The van der Waals surface area contributed by atoms with Gasteiger partial charge in [0.15, 0.2) is 5.82 Å². The zero-order valence-corrected chi connectivity index (χ0v) is 14.4. The van der Waals surface area contributed by atoms with Gasteiger partial charge in [0.1, 0.15) is 5.82 Å². The molecule has 1 heterocycles. The maximum absolute atomic E-state index is 12.1. The van der Waals surface area contributed by atoms with Crippen LogP contribution in [0.3, 0.4) is 0 Å². The molecule has 126 valence electrons. The highest BCUT2D eigenvalue weighted by molar-refractivity contribution is 6.30. The van der Waals surface area contributed by atoms with Gasteiger partial charge in [-0.1, -0.05) is 41.9 Å². The van der Waals surface area contributed by atoms with E-state index in [1.165, 1.54) is 0 Å². The Morgan fingerprint density at radius 3 is 2.20 bits per heavy atom. The van der Waals surface area contributed by atoms with Gasteiger partial charge in [0.25, 0.3) is 5.91 Å². The van der Waals surface area contributed by atoms with E-state index in [0.717, 1.165) is 5.56 Å². The van der Waals surface area contributed by atoms with E-state index in [9.17, 15) is 4.79 Å². The number of rotatable bonds is 5. The van der Waals surface area contributed by atoms with Gasteiger partial charge in [-0.15, -0.1) is 10.2 Å². The Balaban J connectivity index is 1.62. The quantitative estimate of drug-likeness (QED) is 0.706. The minimum atomic E-state index is -0.260. The molecule has 3 rings (SSSR count). The normalized spacial score (nSPS) is 11.6. The summed E-state index contributed by atoms with van der Waals surface area (Å²) in [5.74, 6) is 0.767. The Bertz CT molecular complexity index is 836. The topological polar surface area (TPSA) is 66.9 Å². The number of carbonyl (C=O) groups is 1. The summed E-state index contributed by atoms with van der Waals surface area (Å²) in [6.45, 7) is 2.05. The SMILES string of the molecule is CC(Nc1ccc(NC(=O)c2ccc(Cl)cc2)nn1)c1ccccc1. The summed E-state index contributed by atoms with van der Waals surface area (Å²) in [7, 11) is 0. The molecule has 1 amide bonds. The first-order chi connectivity index (χ1) is 12.1. The summed E-state index contributed by atoms with van der Waals surface area (Å²) in [6.07, 6.45) is 0. The van der Waals surface area contributed by atoms with Crippen molar-refractivity contribution in [3.63, 3.8) is 0 Å². The second kappa shape index (κ2) is 7.77. The first kappa shape index (κ1) is 16.9. The van der Waals surface area contributed by atoms with Crippen molar-refractivity contribution in [1.29, 1.82) is 0 Å². The molecule has 1 aromatic heterocycles. The number of benzene rings is 2. The lowest BCUT2D eigenvalue weighted by atomic mass is 10.1. The van der Waals surface area contributed by atoms with E-state index in [-0.39, 0.29) is 11.9 Å². The zero-order valence-electron chi connectivity index (χ0n) is 13.6. The van der Waals surface area contributed by atoms with Crippen LogP contribution in [-0.4, -0.2) is 16.1 Å². The van der Waals surface area contributed by atoms with Crippen molar-refractivity contribution < 1.29 is 4.79 Å². The smallest absolute Gasteiger partial charge is 0.256 e. The predicted octanol–water partition coefficient (Wildman–Crippen LogP) is 4.56. The summed E-state index contributed by atoms with van der Waals surface area (Å²) in [5, 5.41) is 14.7. The molecule has 25 heavy (non-hydrogen) atoms. The minimum absolute atomic E-state index is 0.102. The molecular weight excluding hydrogens is 336 g/mol. The van der Waals surface area contributed by atoms with Crippen molar-refractivity contribution in [2.75, 3.05) is 10.6 Å². The van der Waals surface area contributed by atoms with Gasteiger partial charge in [0.2, 0.25) is 0 Å². The highest BCUT2D eigenvalue weighted by Gasteiger charge is 2.09. The van der Waals surface area contributed by atoms with Crippen LogP contribution < -0.4 is 10.6 Å². The predicted molar refractivity (Wildman–Crippen MR) is 99.9 cm³/mol. The number of aromatic nitrogens is 2. The molecule has 0 saturated carbocycles. The molecule has 6 heteroatoms. The number of hydrogen-bond donors (Lipinski definition) is 2. The lowest BCUT2D eigenvalue weighted by Crippen LogP contribution is -2.14. The van der Waals surface area contributed by atoms with Gasteiger partial charge < -0.3 is 10.6 Å². The molecule has 0 fully saturated rings. The van der Waals surface area contributed by atoms with Crippen LogP contribution in [0.5, 0.6) is 0 Å². The molecule has 0 aliphatic rings. The Labute approximate surface area is 151 Å². The molecule has 2 aromatic carbocycles. The summed E-state index contributed by atoms with van der Waals surface area (Å²) in [4.78, 5) is 12.1. The fraction of sp³-hybridized carbons (Fsp3) is 0.105.